The summed E-state index contributed by atoms with van der Waals surface area (Å²) in [4.78, 5) is 26.2. The highest BCUT2D eigenvalue weighted by molar-refractivity contribution is 6.31. The second-order valence-electron chi connectivity index (χ2n) is 5.20. The molecule has 0 radical (unpaired) electrons. The zero-order chi connectivity index (χ0) is 14.8. The molecule has 2 heterocycles. The zero-order valence-electron chi connectivity index (χ0n) is 11.4. The monoisotopic (exact) mass is 305 g/mol. The van der Waals surface area contributed by atoms with Crippen molar-refractivity contribution in [1.82, 2.24) is 15.6 Å². The molecule has 1 saturated heterocycles. The van der Waals surface area contributed by atoms with Gasteiger partial charge in [-0.1, -0.05) is 11.6 Å². The molecular formula is C15H16ClN3O2. The molecule has 1 atom stereocenters. The lowest BCUT2D eigenvalue weighted by Gasteiger charge is -2.10. The molecular weight excluding hydrogens is 290 g/mol. The Labute approximate surface area is 127 Å². The molecule has 0 aliphatic carbocycles. The number of carbonyl (C=O) groups is 2. The van der Waals surface area contributed by atoms with Crippen LogP contribution in [-0.2, 0) is 16.0 Å². The average molecular weight is 306 g/mol. The quantitative estimate of drug-likeness (QED) is 0.805. The summed E-state index contributed by atoms with van der Waals surface area (Å²) in [6, 6.07) is 5.32. The lowest BCUT2D eigenvalue weighted by Crippen LogP contribution is -2.42. The predicted molar refractivity (Wildman–Crippen MR) is 81.2 cm³/mol. The molecule has 1 aromatic carbocycles. The number of carbonyl (C=O) groups excluding carboxylic acids is 2. The summed E-state index contributed by atoms with van der Waals surface area (Å²) >= 11 is 6.01. The van der Waals surface area contributed by atoms with Crippen molar-refractivity contribution in [2.24, 2.45) is 0 Å². The van der Waals surface area contributed by atoms with E-state index in [0.29, 0.717) is 30.8 Å². The van der Waals surface area contributed by atoms with E-state index in [1.165, 1.54) is 0 Å². The Kier molecular flexibility index (Phi) is 3.84. The maximum Gasteiger partial charge on any atom is 0.242 e. The lowest BCUT2D eigenvalue weighted by atomic mass is 10.1. The average Bonchev–Trinajstić information content (AvgIpc) is 3.05. The highest BCUT2D eigenvalue weighted by Gasteiger charge is 2.26. The van der Waals surface area contributed by atoms with Crippen molar-refractivity contribution in [2.45, 2.75) is 25.3 Å². The predicted octanol–water partition coefficient (Wildman–Crippen LogP) is 1.76. The van der Waals surface area contributed by atoms with Gasteiger partial charge in [0, 0.05) is 35.1 Å². The lowest BCUT2D eigenvalue weighted by molar-refractivity contribution is -0.125. The Morgan fingerprint density at radius 3 is 3.05 bits per heavy atom. The molecule has 1 aliphatic rings. The van der Waals surface area contributed by atoms with Crippen molar-refractivity contribution in [2.75, 3.05) is 6.54 Å². The first-order valence-electron chi connectivity index (χ1n) is 6.96. The fourth-order valence-electron chi connectivity index (χ4n) is 2.61. The van der Waals surface area contributed by atoms with Gasteiger partial charge in [0.15, 0.2) is 0 Å². The third kappa shape index (κ3) is 3.03. The summed E-state index contributed by atoms with van der Waals surface area (Å²) in [5.41, 5.74) is 2.15. The number of hydrogen-bond acceptors (Lipinski definition) is 2. The van der Waals surface area contributed by atoms with Crippen molar-refractivity contribution in [1.29, 1.82) is 0 Å². The van der Waals surface area contributed by atoms with Gasteiger partial charge in [-0.2, -0.15) is 0 Å². The molecule has 1 aromatic heterocycles. The van der Waals surface area contributed by atoms with E-state index in [1.807, 2.05) is 24.4 Å². The highest BCUT2D eigenvalue weighted by atomic mass is 35.5. The molecule has 0 bridgehead atoms. The van der Waals surface area contributed by atoms with Crippen molar-refractivity contribution >= 4 is 34.3 Å². The molecule has 6 heteroatoms. The van der Waals surface area contributed by atoms with Crippen LogP contribution in [0.4, 0.5) is 0 Å². The number of rotatable bonds is 4. The van der Waals surface area contributed by atoms with Gasteiger partial charge >= 0.3 is 0 Å². The maximum atomic E-state index is 11.9. The summed E-state index contributed by atoms with van der Waals surface area (Å²) in [5, 5.41) is 7.29. The molecule has 3 N–H and O–H groups in total. The Morgan fingerprint density at radius 2 is 2.29 bits per heavy atom. The molecule has 2 aromatic rings. The van der Waals surface area contributed by atoms with Gasteiger partial charge in [0.05, 0.1) is 0 Å². The highest BCUT2D eigenvalue weighted by Crippen LogP contribution is 2.22. The van der Waals surface area contributed by atoms with Gasteiger partial charge in [0.2, 0.25) is 11.8 Å². The Hall–Kier alpha value is -2.01. The van der Waals surface area contributed by atoms with Crippen LogP contribution in [0.1, 0.15) is 18.4 Å². The first kappa shape index (κ1) is 13.9. The van der Waals surface area contributed by atoms with Crippen molar-refractivity contribution in [3.8, 4) is 0 Å². The van der Waals surface area contributed by atoms with Gasteiger partial charge in [0.25, 0.3) is 0 Å². The third-order valence-corrected chi connectivity index (χ3v) is 3.97. The third-order valence-electron chi connectivity index (χ3n) is 3.73. The van der Waals surface area contributed by atoms with Gasteiger partial charge in [-0.05, 0) is 36.6 Å². The van der Waals surface area contributed by atoms with E-state index in [-0.39, 0.29) is 17.9 Å². The van der Waals surface area contributed by atoms with Gasteiger partial charge in [-0.3, -0.25) is 9.59 Å². The number of nitrogens with one attached hydrogen (secondary N) is 3. The SMILES string of the molecule is O=C1CC[C@H](C(=O)NCCc2c[nH]c3ccc(Cl)cc23)N1. The van der Waals surface area contributed by atoms with E-state index in [0.717, 1.165) is 16.5 Å². The number of halogens is 1. The van der Waals surface area contributed by atoms with E-state index in [4.69, 9.17) is 11.6 Å². The van der Waals surface area contributed by atoms with E-state index in [2.05, 4.69) is 15.6 Å². The molecule has 3 rings (SSSR count). The molecule has 1 fully saturated rings. The van der Waals surface area contributed by atoms with Crippen LogP contribution >= 0.6 is 11.6 Å². The summed E-state index contributed by atoms with van der Waals surface area (Å²) in [5.74, 6) is -0.167. The van der Waals surface area contributed by atoms with Crippen molar-refractivity contribution in [3.05, 3.63) is 35.0 Å². The Bertz CT molecular complexity index is 695. The molecule has 5 nitrogen and oxygen atoms in total. The summed E-state index contributed by atoms with van der Waals surface area (Å²) in [7, 11) is 0. The first-order valence-corrected chi connectivity index (χ1v) is 7.34. The molecule has 0 saturated carbocycles. The summed E-state index contributed by atoms with van der Waals surface area (Å²) in [6.07, 6.45) is 3.66. The minimum atomic E-state index is -0.380. The Balaban J connectivity index is 1.58. The van der Waals surface area contributed by atoms with Crippen LogP contribution in [0.25, 0.3) is 10.9 Å². The van der Waals surface area contributed by atoms with E-state index in [9.17, 15) is 9.59 Å². The second-order valence-corrected chi connectivity index (χ2v) is 5.64. The van der Waals surface area contributed by atoms with E-state index < -0.39 is 0 Å². The molecule has 21 heavy (non-hydrogen) atoms. The number of H-pyrrole nitrogens is 1. The second kappa shape index (κ2) is 5.77. The standard InChI is InChI=1S/C15H16ClN3O2/c16-10-1-2-12-11(7-10)9(8-18-12)5-6-17-15(21)13-3-4-14(20)19-13/h1-2,7-8,13,18H,3-6H2,(H,17,21)(H,19,20)/t13-/m1/s1. The van der Waals surface area contributed by atoms with Crippen LogP contribution < -0.4 is 10.6 Å². The molecule has 1 aliphatic heterocycles. The van der Waals surface area contributed by atoms with Gasteiger partial charge in [0.1, 0.15) is 6.04 Å². The van der Waals surface area contributed by atoms with Crippen LogP contribution in [-0.4, -0.2) is 29.4 Å². The molecule has 0 spiro atoms. The normalized spacial score (nSPS) is 18.0. The minimum absolute atomic E-state index is 0.0542. The topological polar surface area (TPSA) is 74.0 Å². The largest absolute Gasteiger partial charge is 0.361 e. The van der Waals surface area contributed by atoms with Crippen molar-refractivity contribution < 1.29 is 9.59 Å². The van der Waals surface area contributed by atoms with E-state index in [1.54, 1.807) is 0 Å². The number of hydrogen-bond donors (Lipinski definition) is 3. The fraction of sp³-hybridized carbons (Fsp3) is 0.333. The number of aromatic amines is 1. The van der Waals surface area contributed by atoms with Crippen LogP contribution in [0.5, 0.6) is 0 Å². The molecule has 110 valence electrons. The number of benzene rings is 1. The van der Waals surface area contributed by atoms with Crippen LogP contribution in [0.3, 0.4) is 0 Å². The van der Waals surface area contributed by atoms with Crippen LogP contribution in [0, 0.1) is 0 Å². The zero-order valence-corrected chi connectivity index (χ0v) is 12.2. The number of fused-ring (bicyclic) bond motifs is 1. The van der Waals surface area contributed by atoms with Crippen LogP contribution in [0.15, 0.2) is 24.4 Å². The van der Waals surface area contributed by atoms with Crippen LogP contribution in [0.2, 0.25) is 5.02 Å². The van der Waals surface area contributed by atoms with Crippen molar-refractivity contribution in [3.63, 3.8) is 0 Å². The van der Waals surface area contributed by atoms with Gasteiger partial charge < -0.3 is 15.6 Å². The minimum Gasteiger partial charge on any atom is -0.361 e. The summed E-state index contributed by atoms with van der Waals surface area (Å²) in [6.45, 7) is 0.532. The first-order chi connectivity index (χ1) is 10.1. The van der Waals surface area contributed by atoms with Gasteiger partial charge in [-0.25, -0.2) is 0 Å². The number of aromatic nitrogens is 1. The van der Waals surface area contributed by atoms with Gasteiger partial charge in [-0.15, -0.1) is 0 Å². The maximum absolute atomic E-state index is 11.9. The Morgan fingerprint density at radius 1 is 1.43 bits per heavy atom. The molecule has 0 unspecified atom stereocenters. The van der Waals surface area contributed by atoms with E-state index >= 15 is 0 Å². The summed E-state index contributed by atoms with van der Waals surface area (Å²) < 4.78 is 0. The number of amides is 2. The molecule has 2 amide bonds. The smallest absolute Gasteiger partial charge is 0.242 e. The fourth-order valence-corrected chi connectivity index (χ4v) is 2.78.